The lowest BCUT2D eigenvalue weighted by atomic mass is 10.0. The highest BCUT2D eigenvalue weighted by atomic mass is 32.2. The molecule has 2 aromatic carbocycles. The fourth-order valence-electron chi connectivity index (χ4n) is 2.84. The van der Waals surface area contributed by atoms with Gasteiger partial charge in [-0.05, 0) is 53.3 Å². The number of thiophene rings is 1. The maximum Gasteiger partial charge on any atom is 0.241 e. The molecular weight excluding hydrogens is 392 g/mol. The second-order valence-electron chi connectivity index (χ2n) is 6.37. The first-order chi connectivity index (χ1) is 13.4. The third-order valence-corrected chi connectivity index (χ3v) is 6.68. The minimum atomic E-state index is -3.75. The Morgan fingerprint density at radius 2 is 1.71 bits per heavy atom. The van der Waals surface area contributed by atoms with Crippen molar-refractivity contribution < 1.29 is 13.2 Å². The molecule has 28 heavy (non-hydrogen) atoms. The third-order valence-electron chi connectivity index (χ3n) is 4.31. The number of anilines is 1. The number of rotatable bonds is 7. The van der Waals surface area contributed by atoms with Gasteiger partial charge >= 0.3 is 0 Å². The Bertz CT molecular complexity index is 1030. The van der Waals surface area contributed by atoms with E-state index in [-0.39, 0.29) is 10.8 Å². The number of hydrogen-bond acceptors (Lipinski definition) is 4. The van der Waals surface area contributed by atoms with Gasteiger partial charge < -0.3 is 5.32 Å². The summed E-state index contributed by atoms with van der Waals surface area (Å²) in [6.45, 7) is 3.49. The van der Waals surface area contributed by atoms with Crippen molar-refractivity contribution in [2.45, 2.75) is 31.2 Å². The molecule has 0 aliphatic carbocycles. The number of hydrogen-bond donors (Lipinski definition) is 2. The van der Waals surface area contributed by atoms with Gasteiger partial charge in [-0.3, -0.25) is 4.79 Å². The molecule has 0 aliphatic rings. The van der Waals surface area contributed by atoms with Crippen LogP contribution in [0.4, 0.5) is 5.69 Å². The molecule has 0 fully saturated rings. The Kier molecular flexibility index (Phi) is 6.28. The van der Waals surface area contributed by atoms with E-state index in [4.69, 9.17) is 0 Å². The zero-order valence-electron chi connectivity index (χ0n) is 15.7. The van der Waals surface area contributed by atoms with Crippen molar-refractivity contribution in [1.29, 1.82) is 0 Å². The monoisotopic (exact) mass is 414 g/mol. The first-order valence-electron chi connectivity index (χ1n) is 8.91. The number of amides is 1. The number of nitrogens with one attached hydrogen (secondary N) is 2. The molecule has 0 spiro atoms. The molecule has 146 valence electrons. The van der Waals surface area contributed by atoms with Gasteiger partial charge in [0.15, 0.2) is 0 Å². The van der Waals surface area contributed by atoms with Gasteiger partial charge in [-0.1, -0.05) is 37.3 Å². The quantitative estimate of drug-likeness (QED) is 0.604. The normalized spacial score (nSPS) is 12.5. The molecule has 0 saturated carbocycles. The third kappa shape index (κ3) is 4.86. The van der Waals surface area contributed by atoms with E-state index >= 15 is 0 Å². The zero-order chi connectivity index (χ0) is 20.1. The Morgan fingerprint density at radius 3 is 2.25 bits per heavy atom. The predicted octanol–water partition coefficient (Wildman–Crippen LogP) is 4.34. The van der Waals surface area contributed by atoms with Crippen molar-refractivity contribution in [3.05, 3.63) is 82.0 Å². The SMILES string of the molecule is CCc1ccc([C@@H](NS(=O)(=O)c2ccc(NC(C)=O)cc2)c2cccs2)cc1. The summed E-state index contributed by atoms with van der Waals surface area (Å²) >= 11 is 1.51. The first kappa shape index (κ1) is 20.3. The van der Waals surface area contributed by atoms with Crippen LogP contribution in [0.15, 0.2) is 70.9 Å². The smallest absolute Gasteiger partial charge is 0.241 e. The summed E-state index contributed by atoms with van der Waals surface area (Å²) in [6.07, 6.45) is 0.927. The van der Waals surface area contributed by atoms with Gasteiger partial charge in [0.1, 0.15) is 0 Å². The average molecular weight is 415 g/mol. The van der Waals surface area contributed by atoms with Crippen LogP contribution >= 0.6 is 11.3 Å². The summed E-state index contributed by atoms with van der Waals surface area (Å²) in [5, 5.41) is 4.56. The van der Waals surface area contributed by atoms with Gasteiger partial charge in [0.25, 0.3) is 0 Å². The highest BCUT2D eigenvalue weighted by molar-refractivity contribution is 7.89. The molecule has 0 unspecified atom stereocenters. The lowest BCUT2D eigenvalue weighted by Gasteiger charge is -2.19. The van der Waals surface area contributed by atoms with Crippen molar-refractivity contribution in [2.24, 2.45) is 0 Å². The van der Waals surface area contributed by atoms with Gasteiger partial charge in [0.2, 0.25) is 15.9 Å². The second-order valence-corrected chi connectivity index (χ2v) is 9.06. The van der Waals surface area contributed by atoms with E-state index in [0.29, 0.717) is 5.69 Å². The lowest BCUT2D eigenvalue weighted by Crippen LogP contribution is -2.29. The molecule has 1 atom stereocenters. The molecule has 2 N–H and O–H groups in total. The van der Waals surface area contributed by atoms with Crippen molar-refractivity contribution >= 4 is 33.0 Å². The molecule has 1 aromatic heterocycles. The molecule has 3 aromatic rings. The van der Waals surface area contributed by atoms with E-state index in [1.165, 1.54) is 36.0 Å². The van der Waals surface area contributed by atoms with Gasteiger partial charge in [0, 0.05) is 17.5 Å². The molecule has 0 radical (unpaired) electrons. The van der Waals surface area contributed by atoms with Crippen molar-refractivity contribution in [1.82, 2.24) is 4.72 Å². The summed E-state index contributed by atoms with van der Waals surface area (Å²) in [5.74, 6) is -0.206. The molecule has 0 bridgehead atoms. The highest BCUT2D eigenvalue weighted by Gasteiger charge is 2.23. The topological polar surface area (TPSA) is 75.3 Å². The van der Waals surface area contributed by atoms with E-state index in [9.17, 15) is 13.2 Å². The number of benzene rings is 2. The van der Waals surface area contributed by atoms with Crippen LogP contribution in [0, 0.1) is 0 Å². The maximum absolute atomic E-state index is 13.0. The maximum atomic E-state index is 13.0. The summed E-state index contributed by atoms with van der Waals surface area (Å²) < 4.78 is 28.8. The van der Waals surface area contributed by atoms with E-state index in [2.05, 4.69) is 17.0 Å². The Labute approximate surface area is 169 Å². The Balaban J connectivity index is 1.89. The molecule has 5 nitrogen and oxygen atoms in total. The Hall–Kier alpha value is -2.48. The summed E-state index contributed by atoms with van der Waals surface area (Å²) in [6, 6.07) is 17.5. The number of carbonyl (C=O) groups excluding carboxylic acids is 1. The number of sulfonamides is 1. The van der Waals surface area contributed by atoms with E-state index in [1.807, 2.05) is 41.8 Å². The van der Waals surface area contributed by atoms with Crippen LogP contribution in [0.5, 0.6) is 0 Å². The van der Waals surface area contributed by atoms with Crippen LogP contribution in [0.1, 0.15) is 35.9 Å². The molecular formula is C21H22N2O3S2. The molecule has 1 heterocycles. The van der Waals surface area contributed by atoms with Gasteiger partial charge in [-0.15, -0.1) is 11.3 Å². The van der Waals surface area contributed by atoms with Crippen LogP contribution in [0.2, 0.25) is 0 Å². The fraction of sp³-hybridized carbons (Fsp3) is 0.190. The zero-order valence-corrected chi connectivity index (χ0v) is 17.3. The highest BCUT2D eigenvalue weighted by Crippen LogP contribution is 2.28. The minimum absolute atomic E-state index is 0.147. The van der Waals surface area contributed by atoms with E-state index in [1.54, 1.807) is 12.1 Å². The van der Waals surface area contributed by atoms with Crippen LogP contribution in [-0.2, 0) is 21.2 Å². The van der Waals surface area contributed by atoms with Crippen molar-refractivity contribution in [3.63, 3.8) is 0 Å². The molecule has 1 amide bonds. The minimum Gasteiger partial charge on any atom is -0.326 e. The Morgan fingerprint density at radius 1 is 1.04 bits per heavy atom. The summed E-state index contributed by atoms with van der Waals surface area (Å²) in [7, 11) is -3.75. The average Bonchev–Trinajstić information content (AvgIpc) is 3.21. The lowest BCUT2D eigenvalue weighted by molar-refractivity contribution is -0.114. The van der Waals surface area contributed by atoms with Gasteiger partial charge in [-0.2, -0.15) is 4.72 Å². The summed E-state index contributed by atoms with van der Waals surface area (Å²) in [5.41, 5.74) is 2.64. The van der Waals surface area contributed by atoms with Crippen LogP contribution < -0.4 is 10.0 Å². The van der Waals surface area contributed by atoms with Crippen LogP contribution in [0.3, 0.4) is 0 Å². The second kappa shape index (κ2) is 8.68. The van der Waals surface area contributed by atoms with Gasteiger partial charge in [0.05, 0.1) is 10.9 Å². The van der Waals surface area contributed by atoms with Crippen LogP contribution in [-0.4, -0.2) is 14.3 Å². The molecule has 3 rings (SSSR count). The fourth-order valence-corrected chi connectivity index (χ4v) is 4.92. The van der Waals surface area contributed by atoms with Crippen molar-refractivity contribution in [3.8, 4) is 0 Å². The van der Waals surface area contributed by atoms with Crippen LogP contribution in [0.25, 0.3) is 0 Å². The predicted molar refractivity (Wildman–Crippen MR) is 113 cm³/mol. The largest absolute Gasteiger partial charge is 0.326 e. The molecule has 0 saturated heterocycles. The standard InChI is InChI=1S/C21H22N2O3S2/c1-3-16-6-8-17(9-7-16)21(20-5-4-14-27-20)23-28(25,26)19-12-10-18(11-13-19)22-15(2)24/h4-14,21,23H,3H2,1-2H3,(H,22,24)/t21-/m1/s1. The molecule has 7 heteroatoms. The van der Waals surface area contributed by atoms with Gasteiger partial charge in [-0.25, -0.2) is 8.42 Å². The number of carbonyl (C=O) groups is 1. The number of aryl methyl sites for hydroxylation is 1. The van der Waals surface area contributed by atoms with E-state index in [0.717, 1.165) is 16.9 Å². The van der Waals surface area contributed by atoms with Crippen molar-refractivity contribution in [2.75, 3.05) is 5.32 Å². The first-order valence-corrected chi connectivity index (χ1v) is 11.3. The summed E-state index contributed by atoms with van der Waals surface area (Å²) in [4.78, 5) is 12.2. The van der Waals surface area contributed by atoms with E-state index < -0.39 is 16.1 Å². The molecule has 0 aliphatic heterocycles.